The van der Waals surface area contributed by atoms with Crippen LogP contribution in [0.25, 0.3) is 0 Å². The Morgan fingerprint density at radius 3 is 1.77 bits per heavy atom. The Kier molecular flexibility index (Phi) is 13.3. The van der Waals surface area contributed by atoms with E-state index in [-0.39, 0.29) is 0 Å². The van der Waals surface area contributed by atoms with E-state index in [1.165, 1.54) is 89.0 Å². The Bertz CT molecular complexity index is 566. The van der Waals surface area contributed by atoms with E-state index in [1.807, 2.05) is 12.4 Å². The van der Waals surface area contributed by atoms with Gasteiger partial charge in [0.1, 0.15) is 0 Å². The van der Waals surface area contributed by atoms with Crippen molar-refractivity contribution in [1.82, 2.24) is 0 Å². The Hall–Kier alpha value is -1.57. The van der Waals surface area contributed by atoms with Crippen LogP contribution in [0, 0.1) is 18.0 Å². The first kappa shape index (κ1) is 24.7. The molecule has 0 aromatic heterocycles. The van der Waals surface area contributed by atoms with Crippen molar-refractivity contribution in [1.29, 1.82) is 0 Å². The first-order valence-corrected chi connectivity index (χ1v) is 12.8. The van der Waals surface area contributed by atoms with E-state index in [0.717, 1.165) is 19.0 Å². The highest BCUT2D eigenvalue weighted by Crippen LogP contribution is 2.35. The molecule has 0 aliphatic carbocycles. The lowest BCUT2D eigenvalue weighted by molar-refractivity contribution is 0.300. The van der Waals surface area contributed by atoms with Crippen LogP contribution in [0.5, 0.6) is 0 Å². The van der Waals surface area contributed by atoms with Crippen molar-refractivity contribution >= 4 is 12.4 Å². The highest BCUT2D eigenvalue weighted by Gasteiger charge is 2.34. The number of unbranched alkanes of at least 4 members (excludes halogenated alkanes) is 11. The molecule has 0 fully saturated rings. The zero-order valence-electron chi connectivity index (χ0n) is 19.7. The van der Waals surface area contributed by atoms with E-state index in [4.69, 9.17) is 0 Å². The van der Waals surface area contributed by atoms with Gasteiger partial charge in [0, 0.05) is 0 Å². The summed E-state index contributed by atoms with van der Waals surface area (Å²) in [5.74, 6) is 1.12. The van der Waals surface area contributed by atoms with Gasteiger partial charge in [-0.15, -0.1) is 0 Å². The third-order valence-electron chi connectivity index (χ3n) is 6.59. The van der Waals surface area contributed by atoms with Crippen LogP contribution in [0.2, 0.25) is 0 Å². The topological polar surface area (TPSA) is 24.7 Å². The lowest BCUT2D eigenvalue weighted by Gasteiger charge is -2.24. The van der Waals surface area contributed by atoms with Gasteiger partial charge < -0.3 is 0 Å². The zero-order chi connectivity index (χ0) is 21.3. The maximum absolute atomic E-state index is 4.55. The number of nitrogens with zero attached hydrogens (tertiary/aromatic N) is 2. The van der Waals surface area contributed by atoms with Gasteiger partial charge in [0.15, 0.2) is 12.4 Å². The van der Waals surface area contributed by atoms with Gasteiger partial charge in [-0.3, -0.25) is 0 Å². The van der Waals surface area contributed by atoms with Crippen molar-refractivity contribution < 1.29 is 0 Å². The summed E-state index contributed by atoms with van der Waals surface area (Å²) in [4.78, 5) is 9.10. The summed E-state index contributed by atoms with van der Waals surface area (Å²) in [6.45, 7) is 4.59. The first-order valence-electron chi connectivity index (χ1n) is 12.8. The van der Waals surface area contributed by atoms with Crippen LogP contribution in [0.3, 0.4) is 0 Å². The summed E-state index contributed by atoms with van der Waals surface area (Å²) in [7, 11) is 0. The van der Waals surface area contributed by atoms with Crippen molar-refractivity contribution in [2.75, 3.05) is 0 Å². The highest BCUT2D eigenvalue weighted by molar-refractivity contribution is 6.18. The Morgan fingerprint density at radius 1 is 0.700 bits per heavy atom. The molecule has 0 spiro atoms. The van der Waals surface area contributed by atoms with E-state index in [0.29, 0.717) is 11.8 Å². The molecule has 2 heteroatoms. The van der Waals surface area contributed by atoms with Gasteiger partial charge >= 0.3 is 0 Å². The molecule has 0 N–H and O–H groups in total. The lowest BCUT2D eigenvalue weighted by atomic mass is 9.80. The molecule has 1 aliphatic rings. The fraction of sp³-hybridized carbons (Fsp3) is 0.679. The predicted octanol–water partition coefficient (Wildman–Crippen LogP) is 8.61. The number of hydrogen-bond donors (Lipinski definition) is 0. The molecule has 1 aromatic carbocycles. The molecule has 0 radical (unpaired) electrons. The van der Waals surface area contributed by atoms with Crippen LogP contribution in [-0.4, -0.2) is 12.4 Å². The van der Waals surface area contributed by atoms with Crippen LogP contribution in [-0.2, 0) is 6.42 Å². The van der Waals surface area contributed by atoms with E-state index >= 15 is 0 Å². The summed E-state index contributed by atoms with van der Waals surface area (Å²) in [6.07, 6.45) is 25.3. The maximum Gasteiger partial charge on any atom is 0.244 e. The fourth-order valence-corrected chi connectivity index (χ4v) is 4.78. The molecule has 2 unspecified atom stereocenters. The van der Waals surface area contributed by atoms with Gasteiger partial charge in [-0.2, -0.15) is 0 Å². The van der Waals surface area contributed by atoms with Gasteiger partial charge in [-0.1, -0.05) is 131 Å². The molecule has 2 atom stereocenters. The predicted molar refractivity (Wildman–Crippen MR) is 133 cm³/mol. The van der Waals surface area contributed by atoms with Gasteiger partial charge in [0.25, 0.3) is 0 Å². The maximum atomic E-state index is 4.55. The monoisotopic (exact) mass is 409 g/mol. The standard InChI is InChI=1S/C28H45N2/c1-3-5-6-7-8-9-10-11-12-13-14-18-21-26(24-25-19-16-15-17-20-25)27(4-2)28-29-22-23-30-28/h15-17,19-20,22-23,26-27H,3-14,18,21,24H2,1-2H3/q+1. The van der Waals surface area contributed by atoms with Crippen LogP contribution < -0.4 is 0 Å². The van der Waals surface area contributed by atoms with Crippen molar-refractivity contribution in [3.8, 4) is 0 Å². The minimum atomic E-state index is 0.480. The zero-order valence-corrected chi connectivity index (χ0v) is 19.7. The molecule has 1 heterocycles. The molecule has 166 valence electrons. The number of rotatable bonds is 18. The molecule has 0 bridgehead atoms. The van der Waals surface area contributed by atoms with E-state index in [9.17, 15) is 0 Å². The second kappa shape index (κ2) is 16.2. The van der Waals surface area contributed by atoms with E-state index in [1.54, 1.807) is 0 Å². The third kappa shape index (κ3) is 9.96. The van der Waals surface area contributed by atoms with Crippen LogP contribution in [0.4, 0.5) is 0 Å². The van der Waals surface area contributed by atoms with Crippen molar-refractivity contribution in [3.05, 3.63) is 42.1 Å². The van der Waals surface area contributed by atoms with Crippen LogP contribution >= 0.6 is 0 Å². The largest absolute Gasteiger partial charge is 0.244 e. The van der Waals surface area contributed by atoms with Crippen molar-refractivity contribution in [3.63, 3.8) is 0 Å². The molecule has 30 heavy (non-hydrogen) atoms. The molecular formula is C28H45N2+. The highest BCUT2D eigenvalue weighted by atomic mass is 15.0. The van der Waals surface area contributed by atoms with Crippen molar-refractivity contribution in [2.45, 2.75) is 110 Å². The third-order valence-corrected chi connectivity index (χ3v) is 6.59. The Labute approximate surface area is 186 Å². The second-order valence-corrected chi connectivity index (χ2v) is 9.06. The van der Waals surface area contributed by atoms with E-state index < -0.39 is 0 Å². The van der Waals surface area contributed by atoms with Crippen LogP contribution in [0.1, 0.15) is 109 Å². The molecule has 0 saturated heterocycles. The molecule has 2 nitrogen and oxygen atoms in total. The van der Waals surface area contributed by atoms with Gasteiger partial charge in [0.05, 0.1) is 5.92 Å². The normalized spacial score (nSPS) is 15.1. The molecule has 0 saturated carbocycles. The summed E-state index contributed by atoms with van der Waals surface area (Å²) < 4.78 is 0. The molecular weight excluding hydrogens is 364 g/mol. The fourth-order valence-electron chi connectivity index (χ4n) is 4.78. The number of aliphatic imine (C=N–C) groups is 2. The Balaban J connectivity index is 1.65. The van der Waals surface area contributed by atoms with Gasteiger partial charge in [-0.25, -0.2) is 0 Å². The summed E-state index contributed by atoms with van der Waals surface area (Å²) >= 11 is 0. The second-order valence-electron chi connectivity index (χ2n) is 9.06. The minimum Gasteiger partial charge on any atom is -0.0965 e. The molecule has 2 rings (SSSR count). The first-order chi connectivity index (χ1) is 14.8. The summed E-state index contributed by atoms with van der Waals surface area (Å²) in [5, 5.41) is 0. The molecule has 1 aliphatic heterocycles. The molecule has 0 amide bonds. The number of benzene rings is 1. The quantitative estimate of drug-likeness (QED) is 0.171. The van der Waals surface area contributed by atoms with Gasteiger partial charge in [-0.05, 0) is 30.7 Å². The Morgan fingerprint density at radius 2 is 1.23 bits per heavy atom. The SMILES string of the molecule is CCCCCCCCCCCCCCC(Cc1ccccc1)C(CC)[C+]1N=CC=N1. The minimum absolute atomic E-state index is 0.480. The lowest BCUT2D eigenvalue weighted by Crippen LogP contribution is -2.21. The van der Waals surface area contributed by atoms with Gasteiger partial charge in [0.2, 0.25) is 6.17 Å². The number of hydrogen-bond acceptors (Lipinski definition) is 2. The average Bonchev–Trinajstić information content (AvgIpc) is 3.30. The average molecular weight is 410 g/mol. The van der Waals surface area contributed by atoms with Crippen molar-refractivity contribution in [2.24, 2.45) is 21.8 Å². The van der Waals surface area contributed by atoms with Crippen LogP contribution in [0.15, 0.2) is 40.3 Å². The summed E-state index contributed by atoms with van der Waals surface area (Å²) in [6, 6.07) is 11.0. The smallest absolute Gasteiger partial charge is 0.0965 e. The van der Waals surface area contributed by atoms with E-state index in [2.05, 4.69) is 54.2 Å². The summed E-state index contributed by atoms with van der Waals surface area (Å²) in [5.41, 5.74) is 1.45. The molecule has 1 aromatic rings.